The molecule has 2 fully saturated rings. The van der Waals surface area contributed by atoms with Gasteiger partial charge >= 0.3 is 0 Å². The molecule has 5 rings (SSSR count). The maximum atomic E-state index is 12.9. The molecule has 3 aromatic rings. The molecule has 170 valence electrons. The fraction of sp³-hybridized carbons (Fsp3) is 0.440. The molecule has 1 unspecified atom stereocenters. The average molecular weight is 445 g/mol. The highest BCUT2D eigenvalue weighted by Gasteiger charge is 2.53. The Kier molecular flexibility index (Phi) is 5.51. The lowest BCUT2D eigenvalue weighted by Gasteiger charge is -2.40. The zero-order chi connectivity index (χ0) is 23.0. The lowest BCUT2D eigenvalue weighted by molar-refractivity contribution is -0.124. The normalized spacial score (nSPS) is 20.9. The Morgan fingerprint density at radius 3 is 2.85 bits per heavy atom. The number of piperidine rings is 1. The summed E-state index contributed by atoms with van der Waals surface area (Å²) in [5.74, 6) is 1.28. The molecule has 3 heterocycles. The maximum absolute atomic E-state index is 12.9. The average Bonchev–Trinajstić information content (AvgIpc) is 3.42. The maximum Gasteiger partial charge on any atom is 0.220 e. The Morgan fingerprint density at radius 2 is 2.12 bits per heavy atom. The number of fused-ring (bicyclic) bond motifs is 1. The first-order chi connectivity index (χ1) is 16.0. The Morgan fingerprint density at radius 1 is 1.33 bits per heavy atom. The van der Waals surface area contributed by atoms with Gasteiger partial charge in [-0.1, -0.05) is 12.1 Å². The number of anilines is 1. The standard InChI is InChI=1S/C25H28N6O2/c1-16(22(33)18-4-2-17(13-26)3-5-18)30-21(32)12-19-7-11-31(14-25(19)8-9-25)24-20-6-10-27-23(20)28-15-29-24/h2-6,10,15-16,19,22,33H,7-9,11-12,14H2,1H3,(H,30,32)(H,27,28,29)/t16-,19?,22+/m0/s1. The highest BCUT2D eigenvalue weighted by molar-refractivity contribution is 5.87. The van der Waals surface area contributed by atoms with E-state index < -0.39 is 12.1 Å². The number of aromatic nitrogens is 3. The molecule has 3 N–H and O–H groups in total. The molecule has 1 aromatic carbocycles. The molecular formula is C25H28N6O2. The van der Waals surface area contributed by atoms with Crippen LogP contribution < -0.4 is 10.2 Å². The lowest BCUT2D eigenvalue weighted by atomic mass is 9.80. The lowest BCUT2D eigenvalue weighted by Crippen LogP contribution is -2.45. The highest BCUT2D eigenvalue weighted by Crippen LogP contribution is 2.57. The summed E-state index contributed by atoms with van der Waals surface area (Å²) in [6, 6.07) is 10.5. The van der Waals surface area contributed by atoms with Gasteiger partial charge in [0.15, 0.2) is 0 Å². The van der Waals surface area contributed by atoms with Gasteiger partial charge < -0.3 is 20.3 Å². The van der Waals surface area contributed by atoms with E-state index in [1.54, 1.807) is 30.6 Å². The molecule has 3 atom stereocenters. The highest BCUT2D eigenvalue weighted by atomic mass is 16.3. The van der Waals surface area contributed by atoms with Gasteiger partial charge in [0, 0.05) is 25.7 Å². The quantitative estimate of drug-likeness (QED) is 0.538. The first kappa shape index (κ1) is 21.4. The number of hydrogen-bond donors (Lipinski definition) is 3. The summed E-state index contributed by atoms with van der Waals surface area (Å²) >= 11 is 0. The second-order valence-electron chi connectivity index (χ2n) is 9.45. The van der Waals surface area contributed by atoms with E-state index in [4.69, 9.17) is 5.26 Å². The van der Waals surface area contributed by atoms with Crippen LogP contribution in [0.5, 0.6) is 0 Å². The van der Waals surface area contributed by atoms with Gasteiger partial charge in [-0.25, -0.2) is 9.97 Å². The topological polar surface area (TPSA) is 118 Å². The summed E-state index contributed by atoms with van der Waals surface area (Å²) in [6.45, 7) is 3.58. The number of aliphatic hydroxyl groups excluding tert-OH is 1. The molecule has 1 aliphatic heterocycles. The van der Waals surface area contributed by atoms with E-state index in [9.17, 15) is 9.90 Å². The third kappa shape index (κ3) is 4.16. The number of nitriles is 1. The minimum absolute atomic E-state index is 0.0185. The van der Waals surface area contributed by atoms with Gasteiger partial charge in [0.2, 0.25) is 5.91 Å². The van der Waals surface area contributed by atoms with E-state index >= 15 is 0 Å². The minimum atomic E-state index is -0.819. The van der Waals surface area contributed by atoms with Crippen molar-refractivity contribution >= 4 is 22.8 Å². The van der Waals surface area contributed by atoms with Crippen LogP contribution in [0.15, 0.2) is 42.9 Å². The number of nitrogens with zero attached hydrogens (tertiary/aromatic N) is 4. The van der Waals surface area contributed by atoms with Crippen molar-refractivity contribution in [2.24, 2.45) is 11.3 Å². The Bertz CT molecular complexity index is 1190. The number of aromatic amines is 1. The molecule has 8 heteroatoms. The number of benzene rings is 1. The third-order valence-corrected chi connectivity index (χ3v) is 7.32. The largest absolute Gasteiger partial charge is 0.386 e. The summed E-state index contributed by atoms with van der Waals surface area (Å²) in [5.41, 5.74) is 2.25. The van der Waals surface area contributed by atoms with Gasteiger partial charge in [-0.3, -0.25) is 4.79 Å². The van der Waals surface area contributed by atoms with Crippen molar-refractivity contribution in [2.45, 2.75) is 44.8 Å². The number of carbonyl (C=O) groups excluding carboxylic acids is 1. The first-order valence-electron chi connectivity index (χ1n) is 11.5. The van der Waals surface area contributed by atoms with Crippen molar-refractivity contribution in [1.82, 2.24) is 20.3 Å². The van der Waals surface area contributed by atoms with Gasteiger partial charge in [0.25, 0.3) is 0 Å². The molecule has 1 amide bonds. The van der Waals surface area contributed by atoms with Gasteiger partial charge in [-0.15, -0.1) is 0 Å². The van der Waals surface area contributed by atoms with Gasteiger partial charge in [0.1, 0.15) is 17.8 Å². The van der Waals surface area contributed by atoms with E-state index in [0.29, 0.717) is 23.5 Å². The van der Waals surface area contributed by atoms with Crippen molar-refractivity contribution in [2.75, 3.05) is 18.0 Å². The zero-order valence-corrected chi connectivity index (χ0v) is 18.7. The predicted molar refractivity (Wildman–Crippen MR) is 124 cm³/mol. The minimum Gasteiger partial charge on any atom is -0.386 e. The molecule has 0 radical (unpaired) electrons. The zero-order valence-electron chi connectivity index (χ0n) is 18.7. The molecule has 2 aliphatic rings. The number of rotatable bonds is 6. The first-order valence-corrected chi connectivity index (χ1v) is 11.5. The van der Waals surface area contributed by atoms with Crippen LogP contribution in [0.2, 0.25) is 0 Å². The van der Waals surface area contributed by atoms with Crippen molar-refractivity contribution in [1.29, 1.82) is 5.26 Å². The number of carbonyl (C=O) groups is 1. The third-order valence-electron chi connectivity index (χ3n) is 7.32. The van der Waals surface area contributed by atoms with Crippen LogP contribution in [-0.2, 0) is 4.79 Å². The SMILES string of the molecule is C[C@H](NC(=O)CC1CCN(c2ncnc3[nH]ccc23)CC12CC2)[C@@H](O)c1ccc(C#N)cc1. The summed E-state index contributed by atoms with van der Waals surface area (Å²) in [4.78, 5) is 27.2. The van der Waals surface area contributed by atoms with Crippen LogP contribution in [0.4, 0.5) is 5.82 Å². The van der Waals surface area contributed by atoms with E-state index in [1.165, 1.54) is 0 Å². The van der Waals surface area contributed by atoms with E-state index in [2.05, 4.69) is 31.2 Å². The number of nitrogens with one attached hydrogen (secondary N) is 2. The fourth-order valence-corrected chi connectivity index (χ4v) is 5.20. The van der Waals surface area contributed by atoms with Crippen LogP contribution in [0.25, 0.3) is 11.0 Å². The Labute approximate surface area is 192 Å². The number of H-pyrrole nitrogens is 1. The van der Waals surface area contributed by atoms with E-state index in [-0.39, 0.29) is 11.3 Å². The van der Waals surface area contributed by atoms with Crippen LogP contribution in [0.3, 0.4) is 0 Å². The molecule has 1 spiro atoms. The summed E-state index contributed by atoms with van der Waals surface area (Å²) in [5, 5.41) is 23.6. The van der Waals surface area contributed by atoms with Crippen molar-refractivity contribution < 1.29 is 9.90 Å². The molecule has 1 aliphatic carbocycles. The van der Waals surface area contributed by atoms with Crippen LogP contribution in [0, 0.1) is 22.7 Å². The molecule has 0 bridgehead atoms. The monoisotopic (exact) mass is 444 g/mol. The van der Waals surface area contributed by atoms with Crippen molar-refractivity contribution in [3.8, 4) is 6.07 Å². The van der Waals surface area contributed by atoms with Crippen LogP contribution >= 0.6 is 0 Å². The fourth-order valence-electron chi connectivity index (χ4n) is 5.20. The van der Waals surface area contributed by atoms with Crippen LogP contribution in [0.1, 0.15) is 49.8 Å². The smallest absolute Gasteiger partial charge is 0.220 e. The summed E-state index contributed by atoms with van der Waals surface area (Å²) < 4.78 is 0. The van der Waals surface area contributed by atoms with Crippen molar-refractivity contribution in [3.05, 3.63) is 54.0 Å². The number of amides is 1. The molecular weight excluding hydrogens is 416 g/mol. The second-order valence-corrected chi connectivity index (χ2v) is 9.45. The molecule has 1 saturated carbocycles. The summed E-state index contributed by atoms with van der Waals surface area (Å²) in [7, 11) is 0. The predicted octanol–water partition coefficient (Wildman–Crippen LogP) is 3.06. The second kappa shape index (κ2) is 8.49. The van der Waals surface area contributed by atoms with E-state index in [1.807, 2.05) is 19.2 Å². The summed E-state index contributed by atoms with van der Waals surface area (Å²) in [6.07, 6.45) is 6.35. The van der Waals surface area contributed by atoms with Crippen LogP contribution in [-0.4, -0.2) is 45.1 Å². The number of aliphatic hydroxyl groups is 1. The number of hydrogen-bond acceptors (Lipinski definition) is 6. The van der Waals surface area contributed by atoms with Gasteiger partial charge in [-0.2, -0.15) is 5.26 Å². The Hall–Kier alpha value is -3.44. The molecule has 2 aromatic heterocycles. The van der Waals surface area contributed by atoms with E-state index in [0.717, 1.165) is 49.2 Å². The Balaban J connectivity index is 1.20. The van der Waals surface area contributed by atoms with Crippen molar-refractivity contribution in [3.63, 3.8) is 0 Å². The molecule has 33 heavy (non-hydrogen) atoms. The van der Waals surface area contributed by atoms with Gasteiger partial charge in [-0.05, 0) is 61.3 Å². The molecule has 1 saturated heterocycles. The van der Waals surface area contributed by atoms with Gasteiger partial charge in [0.05, 0.1) is 29.2 Å². The molecule has 8 nitrogen and oxygen atoms in total.